The molecule has 1 aromatic heterocycles. The number of aliphatic hydroxyl groups excluding tert-OH is 1. The van der Waals surface area contributed by atoms with Crippen molar-refractivity contribution in [1.29, 1.82) is 0 Å². The van der Waals surface area contributed by atoms with Gasteiger partial charge in [0.1, 0.15) is 5.01 Å². The summed E-state index contributed by atoms with van der Waals surface area (Å²) in [6, 6.07) is 8.45. The molecule has 0 aliphatic heterocycles. The first-order valence-electron chi connectivity index (χ1n) is 5.41. The molecule has 1 N–H and O–H groups in total. The molecule has 1 heterocycles. The molecule has 0 aliphatic rings. The summed E-state index contributed by atoms with van der Waals surface area (Å²) in [4.78, 5) is 5.42. The minimum atomic E-state index is 0.0799. The number of rotatable bonds is 3. The van der Waals surface area contributed by atoms with Gasteiger partial charge in [-0.2, -0.15) is 0 Å². The van der Waals surface area contributed by atoms with E-state index in [2.05, 4.69) is 36.2 Å². The molecular formula is C13H15NOS. The van der Waals surface area contributed by atoms with Crippen molar-refractivity contribution in [3.63, 3.8) is 0 Å². The number of benzene rings is 1. The Labute approximate surface area is 99.6 Å². The molecule has 0 unspecified atom stereocenters. The summed E-state index contributed by atoms with van der Waals surface area (Å²) < 4.78 is 0. The van der Waals surface area contributed by atoms with Gasteiger partial charge in [0, 0.05) is 5.56 Å². The first-order chi connectivity index (χ1) is 7.74. The zero-order chi connectivity index (χ0) is 11.5. The van der Waals surface area contributed by atoms with Gasteiger partial charge < -0.3 is 5.11 Å². The third-order valence-electron chi connectivity index (χ3n) is 2.65. The van der Waals surface area contributed by atoms with E-state index < -0.39 is 0 Å². The molecule has 0 saturated carbocycles. The Balaban J connectivity index is 2.34. The quantitative estimate of drug-likeness (QED) is 0.883. The Morgan fingerprint density at radius 1 is 1.25 bits per heavy atom. The van der Waals surface area contributed by atoms with Gasteiger partial charge in [0.05, 0.1) is 17.2 Å². The average molecular weight is 233 g/mol. The first-order valence-corrected chi connectivity index (χ1v) is 6.22. The van der Waals surface area contributed by atoms with Gasteiger partial charge in [-0.25, -0.2) is 4.98 Å². The van der Waals surface area contributed by atoms with E-state index in [4.69, 9.17) is 5.11 Å². The maximum absolute atomic E-state index is 9.13. The number of hydrogen-bond acceptors (Lipinski definition) is 3. The van der Waals surface area contributed by atoms with Crippen LogP contribution in [0.1, 0.15) is 23.1 Å². The molecule has 2 aromatic rings. The van der Waals surface area contributed by atoms with Crippen LogP contribution in [-0.4, -0.2) is 10.1 Å². The molecule has 2 nitrogen and oxygen atoms in total. The second kappa shape index (κ2) is 4.76. The van der Waals surface area contributed by atoms with Crippen LogP contribution in [0, 0.1) is 6.92 Å². The van der Waals surface area contributed by atoms with Gasteiger partial charge in [-0.05, 0) is 18.9 Å². The number of thiazole rings is 1. The van der Waals surface area contributed by atoms with Crippen molar-refractivity contribution in [1.82, 2.24) is 4.98 Å². The van der Waals surface area contributed by atoms with E-state index in [1.165, 1.54) is 5.56 Å². The highest BCUT2D eigenvalue weighted by atomic mass is 32.1. The monoisotopic (exact) mass is 233 g/mol. The maximum atomic E-state index is 9.13. The predicted molar refractivity (Wildman–Crippen MR) is 67.6 cm³/mol. The topological polar surface area (TPSA) is 33.1 Å². The summed E-state index contributed by atoms with van der Waals surface area (Å²) in [5.41, 5.74) is 3.39. The van der Waals surface area contributed by atoms with Gasteiger partial charge in [-0.15, -0.1) is 11.3 Å². The molecule has 16 heavy (non-hydrogen) atoms. The zero-order valence-corrected chi connectivity index (χ0v) is 10.3. The lowest BCUT2D eigenvalue weighted by molar-refractivity contribution is 0.284. The summed E-state index contributed by atoms with van der Waals surface area (Å²) in [7, 11) is 0. The average Bonchev–Trinajstić information content (AvgIpc) is 2.71. The summed E-state index contributed by atoms with van der Waals surface area (Å²) in [5.74, 6) is 0. The van der Waals surface area contributed by atoms with Gasteiger partial charge in [0.15, 0.2) is 0 Å². The third kappa shape index (κ3) is 2.15. The summed E-state index contributed by atoms with van der Waals surface area (Å²) in [6.45, 7) is 4.16. The highest BCUT2D eigenvalue weighted by Gasteiger charge is 2.08. The lowest BCUT2D eigenvalue weighted by Crippen LogP contribution is -1.82. The Morgan fingerprint density at radius 3 is 2.44 bits per heavy atom. The molecule has 0 atom stereocenters. The number of aromatic nitrogens is 1. The molecule has 0 radical (unpaired) electrons. The highest BCUT2D eigenvalue weighted by Crippen LogP contribution is 2.28. The van der Waals surface area contributed by atoms with E-state index in [1.807, 2.05) is 6.92 Å². The Bertz CT molecular complexity index is 473. The highest BCUT2D eigenvalue weighted by molar-refractivity contribution is 7.15. The summed E-state index contributed by atoms with van der Waals surface area (Å²) in [6.07, 6.45) is 1.05. The fourth-order valence-electron chi connectivity index (χ4n) is 1.58. The minimum absolute atomic E-state index is 0.0799. The fraction of sp³-hybridized carbons (Fsp3) is 0.308. The zero-order valence-electron chi connectivity index (χ0n) is 9.53. The van der Waals surface area contributed by atoms with Crippen molar-refractivity contribution in [3.8, 4) is 10.6 Å². The van der Waals surface area contributed by atoms with Crippen LogP contribution in [0.3, 0.4) is 0 Å². The molecule has 0 fully saturated rings. The Hall–Kier alpha value is -1.19. The number of hydrogen-bond donors (Lipinski definition) is 1. The number of aliphatic hydroxyl groups is 1. The van der Waals surface area contributed by atoms with Crippen molar-refractivity contribution < 1.29 is 5.11 Å². The smallest absolute Gasteiger partial charge is 0.123 e. The lowest BCUT2D eigenvalue weighted by Gasteiger charge is -1.98. The van der Waals surface area contributed by atoms with Crippen LogP contribution in [0.25, 0.3) is 10.6 Å². The van der Waals surface area contributed by atoms with E-state index in [9.17, 15) is 0 Å². The molecule has 0 bridgehead atoms. The molecule has 0 amide bonds. The largest absolute Gasteiger partial charge is 0.391 e. The third-order valence-corrected chi connectivity index (χ3v) is 3.84. The molecule has 1 aromatic carbocycles. The maximum Gasteiger partial charge on any atom is 0.123 e. The van der Waals surface area contributed by atoms with Crippen LogP contribution in [0.2, 0.25) is 0 Å². The van der Waals surface area contributed by atoms with E-state index in [0.717, 1.165) is 27.6 Å². The Morgan fingerprint density at radius 2 is 1.94 bits per heavy atom. The molecule has 3 heteroatoms. The van der Waals surface area contributed by atoms with Gasteiger partial charge >= 0.3 is 0 Å². The van der Waals surface area contributed by atoms with Crippen molar-refractivity contribution in [3.05, 3.63) is 40.4 Å². The number of nitrogens with zero attached hydrogens (tertiary/aromatic N) is 1. The normalized spacial score (nSPS) is 10.7. The van der Waals surface area contributed by atoms with E-state index >= 15 is 0 Å². The second-order valence-electron chi connectivity index (χ2n) is 3.74. The molecule has 0 aliphatic carbocycles. The lowest BCUT2D eigenvalue weighted by atomic mass is 10.1. The minimum Gasteiger partial charge on any atom is -0.391 e. The van der Waals surface area contributed by atoms with Gasteiger partial charge in [-0.1, -0.05) is 31.2 Å². The first kappa shape index (κ1) is 11.3. The molecular weight excluding hydrogens is 218 g/mol. The summed E-state index contributed by atoms with van der Waals surface area (Å²) >= 11 is 1.56. The van der Waals surface area contributed by atoms with Crippen molar-refractivity contribution in [2.45, 2.75) is 26.9 Å². The molecule has 84 valence electrons. The SMILES string of the molecule is CCc1ccc(-c2nc(C)c(CO)s2)cc1. The van der Waals surface area contributed by atoms with Gasteiger partial charge in [0.2, 0.25) is 0 Å². The van der Waals surface area contributed by atoms with Gasteiger partial charge in [-0.3, -0.25) is 0 Å². The van der Waals surface area contributed by atoms with Crippen LogP contribution in [-0.2, 0) is 13.0 Å². The van der Waals surface area contributed by atoms with Crippen LogP contribution >= 0.6 is 11.3 Å². The number of aryl methyl sites for hydroxylation is 2. The van der Waals surface area contributed by atoms with Crippen LogP contribution < -0.4 is 0 Å². The van der Waals surface area contributed by atoms with E-state index in [1.54, 1.807) is 11.3 Å². The van der Waals surface area contributed by atoms with E-state index in [0.29, 0.717) is 0 Å². The van der Waals surface area contributed by atoms with Crippen molar-refractivity contribution in [2.75, 3.05) is 0 Å². The molecule has 0 saturated heterocycles. The molecule has 0 spiro atoms. The van der Waals surface area contributed by atoms with Crippen molar-refractivity contribution in [2.24, 2.45) is 0 Å². The predicted octanol–water partition coefficient (Wildman–Crippen LogP) is 3.17. The van der Waals surface area contributed by atoms with Gasteiger partial charge in [0.25, 0.3) is 0 Å². The Kier molecular flexibility index (Phi) is 3.36. The van der Waals surface area contributed by atoms with Crippen molar-refractivity contribution >= 4 is 11.3 Å². The summed E-state index contributed by atoms with van der Waals surface area (Å²) in [5, 5.41) is 10.1. The second-order valence-corrected chi connectivity index (χ2v) is 4.82. The van der Waals surface area contributed by atoms with E-state index in [-0.39, 0.29) is 6.61 Å². The van der Waals surface area contributed by atoms with Crippen LogP contribution in [0.5, 0.6) is 0 Å². The van der Waals surface area contributed by atoms with Crippen LogP contribution in [0.4, 0.5) is 0 Å². The fourth-order valence-corrected chi connectivity index (χ4v) is 2.51. The molecule has 2 rings (SSSR count). The van der Waals surface area contributed by atoms with Crippen LogP contribution in [0.15, 0.2) is 24.3 Å². The standard InChI is InChI=1S/C13H15NOS/c1-3-10-4-6-11(7-5-10)13-14-9(2)12(8-15)16-13/h4-7,15H,3,8H2,1-2H3.